The van der Waals surface area contributed by atoms with Gasteiger partial charge in [0, 0.05) is 11.1 Å². The minimum Gasteiger partial charge on any atom is -0.346 e. The third kappa shape index (κ3) is 2.62. The first kappa shape index (κ1) is 13.7. The third-order valence-corrected chi connectivity index (χ3v) is 4.04. The van der Waals surface area contributed by atoms with Gasteiger partial charge in [-0.1, -0.05) is 36.1 Å². The van der Waals surface area contributed by atoms with Crippen molar-refractivity contribution in [1.29, 1.82) is 0 Å². The number of thiocarbonyl (C=S) groups is 1. The lowest BCUT2D eigenvalue weighted by atomic mass is 10.1. The third-order valence-electron chi connectivity index (χ3n) is 2.88. The fraction of sp³-hybridized carbons (Fsp3) is 0.231. The number of halogens is 1. The summed E-state index contributed by atoms with van der Waals surface area (Å²) in [6.07, 6.45) is 0.883. The molecule has 0 aromatic heterocycles. The predicted octanol–water partition coefficient (Wildman–Crippen LogP) is 2.36. The van der Waals surface area contributed by atoms with Gasteiger partial charge in [0.2, 0.25) is 0 Å². The van der Waals surface area contributed by atoms with E-state index in [0.29, 0.717) is 33.6 Å². The van der Waals surface area contributed by atoms with Gasteiger partial charge in [-0.15, -0.1) is 0 Å². The van der Waals surface area contributed by atoms with E-state index in [1.807, 2.05) is 0 Å². The number of benzene rings is 1. The molecule has 2 aliphatic heterocycles. The topological polar surface area (TPSA) is 47.6 Å². The maximum absolute atomic E-state index is 14.1. The molecule has 20 heavy (non-hydrogen) atoms. The van der Waals surface area contributed by atoms with Gasteiger partial charge in [0.05, 0.1) is 18.1 Å². The lowest BCUT2D eigenvalue weighted by Gasteiger charge is -2.13. The lowest BCUT2D eigenvalue weighted by molar-refractivity contribution is -0.115. The van der Waals surface area contributed by atoms with Crippen molar-refractivity contribution < 1.29 is 18.7 Å². The molecule has 7 heteroatoms. The average Bonchev–Trinajstić information content (AvgIpc) is 3.02. The van der Waals surface area contributed by atoms with Crippen molar-refractivity contribution in [2.24, 2.45) is 0 Å². The Morgan fingerprint density at radius 2 is 2.15 bits per heavy atom. The van der Waals surface area contributed by atoms with Crippen molar-refractivity contribution in [3.63, 3.8) is 0 Å². The molecule has 104 valence electrons. The van der Waals surface area contributed by atoms with Crippen LogP contribution in [0.3, 0.4) is 0 Å². The van der Waals surface area contributed by atoms with E-state index in [-0.39, 0.29) is 5.91 Å². The van der Waals surface area contributed by atoms with Gasteiger partial charge in [-0.2, -0.15) is 0 Å². The van der Waals surface area contributed by atoms with E-state index in [1.165, 1.54) is 12.1 Å². The molecule has 0 aliphatic carbocycles. The summed E-state index contributed by atoms with van der Waals surface area (Å²) < 4.78 is 25.2. The van der Waals surface area contributed by atoms with Crippen LogP contribution in [0.5, 0.6) is 0 Å². The highest BCUT2D eigenvalue weighted by Gasteiger charge is 2.26. The maximum atomic E-state index is 14.1. The van der Waals surface area contributed by atoms with Crippen molar-refractivity contribution in [1.82, 2.24) is 5.32 Å². The fourth-order valence-electron chi connectivity index (χ4n) is 2.00. The van der Waals surface area contributed by atoms with Gasteiger partial charge in [0.1, 0.15) is 10.1 Å². The predicted molar refractivity (Wildman–Crippen MR) is 77.4 cm³/mol. The van der Waals surface area contributed by atoms with Crippen molar-refractivity contribution >= 4 is 40.3 Å². The largest absolute Gasteiger partial charge is 0.346 e. The molecule has 0 radical (unpaired) electrons. The summed E-state index contributed by atoms with van der Waals surface area (Å²) in [5.74, 6) is -0.747. The number of carbonyl (C=O) groups excluding carboxylic acids is 1. The zero-order valence-corrected chi connectivity index (χ0v) is 11.9. The minimum absolute atomic E-state index is 0.293. The van der Waals surface area contributed by atoms with Gasteiger partial charge in [0.25, 0.3) is 5.91 Å². The molecule has 1 aromatic carbocycles. The number of rotatable bonds is 2. The Kier molecular flexibility index (Phi) is 3.84. The number of hydrogen-bond acceptors (Lipinski definition) is 5. The van der Waals surface area contributed by atoms with Crippen LogP contribution in [0.1, 0.15) is 17.4 Å². The average molecular weight is 311 g/mol. The Morgan fingerprint density at radius 3 is 2.80 bits per heavy atom. The highest BCUT2D eigenvalue weighted by Crippen LogP contribution is 2.32. The van der Waals surface area contributed by atoms with Crippen LogP contribution in [0.2, 0.25) is 0 Å². The number of thioether (sulfide) groups is 1. The molecule has 2 heterocycles. The molecule has 0 atom stereocenters. The molecule has 3 rings (SSSR count). The summed E-state index contributed by atoms with van der Waals surface area (Å²) in [6, 6.07) is 4.65. The second-order valence-corrected chi connectivity index (χ2v) is 5.89. The lowest BCUT2D eigenvalue weighted by Crippen LogP contribution is -2.17. The van der Waals surface area contributed by atoms with E-state index in [9.17, 15) is 9.18 Å². The summed E-state index contributed by atoms with van der Waals surface area (Å²) in [5, 5.41) is 2.50. The molecular weight excluding hydrogens is 301 g/mol. The molecule has 2 aliphatic rings. The minimum atomic E-state index is -0.598. The summed E-state index contributed by atoms with van der Waals surface area (Å²) in [5.41, 5.74) is 0.864. The van der Waals surface area contributed by atoms with Crippen LogP contribution in [0.25, 0.3) is 6.08 Å². The van der Waals surface area contributed by atoms with Gasteiger partial charge in [-0.05, 0) is 12.1 Å². The molecule has 4 nitrogen and oxygen atoms in total. The van der Waals surface area contributed by atoms with Gasteiger partial charge < -0.3 is 14.8 Å². The van der Waals surface area contributed by atoms with Crippen molar-refractivity contribution in [2.45, 2.75) is 6.29 Å². The van der Waals surface area contributed by atoms with Crippen molar-refractivity contribution in [3.8, 4) is 0 Å². The van der Waals surface area contributed by atoms with Gasteiger partial charge in [0.15, 0.2) is 6.29 Å². The Morgan fingerprint density at radius 1 is 1.40 bits per heavy atom. The Hall–Kier alpha value is -1.28. The van der Waals surface area contributed by atoms with E-state index < -0.39 is 12.1 Å². The van der Waals surface area contributed by atoms with Gasteiger partial charge in [-0.3, -0.25) is 4.79 Å². The molecule has 2 fully saturated rings. The molecule has 0 unspecified atom stereocenters. The first-order chi connectivity index (χ1) is 9.65. The van der Waals surface area contributed by atoms with E-state index in [4.69, 9.17) is 21.7 Å². The molecule has 1 amide bonds. The smallest absolute Gasteiger partial charge is 0.263 e. The zero-order chi connectivity index (χ0) is 14.1. The first-order valence-corrected chi connectivity index (χ1v) is 7.14. The highest BCUT2D eigenvalue weighted by atomic mass is 32.2. The monoisotopic (exact) mass is 311 g/mol. The second kappa shape index (κ2) is 5.61. The van der Waals surface area contributed by atoms with Crippen LogP contribution in [-0.4, -0.2) is 23.4 Å². The van der Waals surface area contributed by atoms with Gasteiger partial charge in [-0.25, -0.2) is 4.39 Å². The molecule has 0 bridgehead atoms. The summed E-state index contributed by atoms with van der Waals surface area (Å²) in [7, 11) is 0. The van der Waals surface area contributed by atoms with Crippen LogP contribution in [0.4, 0.5) is 4.39 Å². The van der Waals surface area contributed by atoms with Gasteiger partial charge >= 0.3 is 0 Å². The number of nitrogens with one attached hydrogen (secondary N) is 1. The van der Waals surface area contributed by atoms with Crippen molar-refractivity contribution in [2.75, 3.05) is 13.2 Å². The molecule has 1 aromatic rings. The number of ether oxygens (including phenoxy) is 2. The van der Waals surface area contributed by atoms with E-state index >= 15 is 0 Å². The molecule has 2 saturated heterocycles. The van der Waals surface area contributed by atoms with E-state index in [2.05, 4.69) is 5.32 Å². The van der Waals surface area contributed by atoms with Crippen molar-refractivity contribution in [3.05, 3.63) is 40.0 Å². The Bertz CT molecular complexity index is 612. The molecular formula is C13H10FNO3S2. The normalized spacial score (nSPS) is 21.8. The van der Waals surface area contributed by atoms with E-state index in [0.717, 1.165) is 11.8 Å². The second-order valence-electron chi connectivity index (χ2n) is 4.17. The van der Waals surface area contributed by atoms with Crippen LogP contribution in [0, 0.1) is 5.82 Å². The Balaban J connectivity index is 2.02. The quantitative estimate of drug-likeness (QED) is 0.671. The van der Waals surface area contributed by atoms with Crippen LogP contribution < -0.4 is 5.32 Å². The Labute approximate surface area is 124 Å². The standard InChI is InChI=1S/C13H10FNO3S2/c14-9-3-1-2-7(12-17-4-5-18-12)8(9)6-10-11(16)15-13(19)20-10/h1-3,6,12H,4-5H2,(H,15,16,19)/b10-6+. The number of hydrogen-bond donors (Lipinski definition) is 1. The zero-order valence-electron chi connectivity index (χ0n) is 10.2. The number of carbonyl (C=O) groups is 1. The van der Waals surface area contributed by atoms with Crippen LogP contribution in [0.15, 0.2) is 23.1 Å². The summed E-state index contributed by atoms with van der Waals surface area (Å²) >= 11 is 6.02. The van der Waals surface area contributed by atoms with Crippen LogP contribution >= 0.6 is 24.0 Å². The SMILES string of the molecule is O=C1NC(=S)S/C1=C/c1c(F)cccc1C1OCCO1. The molecule has 1 N–H and O–H groups in total. The molecule has 0 saturated carbocycles. The summed E-state index contributed by atoms with van der Waals surface area (Å²) in [6.45, 7) is 0.938. The van der Waals surface area contributed by atoms with Crippen LogP contribution in [-0.2, 0) is 14.3 Å². The van der Waals surface area contributed by atoms with E-state index in [1.54, 1.807) is 12.1 Å². The molecule has 0 spiro atoms. The maximum Gasteiger partial charge on any atom is 0.263 e. The highest BCUT2D eigenvalue weighted by molar-refractivity contribution is 8.26. The summed E-state index contributed by atoms with van der Waals surface area (Å²) in [4.78, 5) is 12.0. The first-order valence-electron chi connectivity index (χ1n) is 5.91. The number of amides is 1. The fourth-order valence-corrected chi connectivity index (χ4v) is 3.03.